The van der Waals surface area contributed by atoms with E-state index in [2.05, 4.69) is 41.4 Å². The molecule has 1 fully saturated rings. The summed E-state index contributed by atoms with van der Waals surface area (Å²) in [6, 6.07) is 10.4. The summed E-state index contributed by atoms with van der Waals surface area (Å²) in [5.41, 5.74) is 0.825. The van der Waals surface area contributed by atoms with Crippen LogP contribution in [0.1, 0.15) is 32.8 Å². The van der Waals surface area contributed by atoms with Crippen LogP contribution in [0.5, 0.6) is 0 Å². The summed E-state index contributed by atoms with van der Waals surface area (Å²) in [4.78, 5) is 16.1. The number of carbonyl (C=O) groups excluding carboxylic acids is 1. The van der Waals surface area contributed by atoms with Crippen molar-refractivity contribution in [1.82, 2.24) is 9.80 Å². The summed E-state index contributed by atoms with van der Waals surface area (Å²) in [7, 11) is 0. The smallest absolute Gasteiger partial charge is 0.410 e. The summed E-state index contributed by atoms with van der Waals surface area (Å²) in [5.74, 6) is 0.880. The molecule has 0 bridgehead atoms. The summed E-state index contributed by atoms with van der Waals surface area (Å²) in [6.07, 6.45) is 6.77. The molecule has 1 aromatic carbocycles. The predicted molar refractivity (Wildman–Crippen MR) is 101 cm³/mol. The van der Waals surface area contributed by atoms with Crippen molar-refractivity contribution >= 4 is 6.09 Å². The van der Waals surface area contributed by atoms with Crippen LogP contribution in [0.25, 0.3) is 0 Å². The van der Waals surface area contributed by atoms with E-state index in [4.69, 9.17) is 9.47 Å². The molecule has 2 aliphatic heterocycles. The van der Waals surface area contributed by atoms with Crippen LogP contribution in [0, 0.1) is 0 Å². The molecule has 26 heavy (non-hydrogen) atoms. The van der Waals surface area contributed by atoms with Gasteiger partial charge in [0.15, 0.2) is 0 Å². The van der Waals surface area contributed by atoms with Crippen LogP contribution in [-0.4, -0.2) is 47.2 Å². The second kappa shape index (κ2) is 7.85. The van der Waals surface area contributed by atoms with Crippen LogP contribution in [0.15, 0.2) is 54.4 Å². The Bertz CT molecular complexity index is 676. The largest absolute Gasteiger partial charge is 0.489 e. The third-order valence-corrected chi connectivity index (χ3v) is 4.30. The van der Waals surface area contributed by atoms with E-state index in [1.165, 1.54) is 5.56 Å². The van der Waals surface area contributed by atoms with Gasteiger partial charge in [-0.3, -0.25) is 0 Å². The number of hydrogen-bond donors (Lipinski definition) is 0. The molecule has 0 aromatic heterocycles. The highest BCUT2D eigenvalue weighted by Crippen LogP contribution is 2.21. The van der Waals surface area contributed by atoms with E-state index in [-0.39, 0.29) is 12.2 Å². The Morgan fingerprint density at radius 1 is 1.23 bits per heavy atom. The molecule has 1 atom stereocenters. The highest BCUT2D eigenvalue weighted by atomic mass is 16.6. The molecule has 2 aliphatic rings. The lowest BCUT2D eigenvalue weighted by atomic mass is 10.2. The zero-order valence-electron chi connectivity index (χ0n) is 15.9. The van der Waals surface area contributed by atoms with E-state index >= 15 is 0 Å². The lowest BCUT2D eigenvalue weighted by Crippen LogP contribution is -2.36. The van der Waals surface area contributed by atoms with E-state index in [9.17, 15) is 4.79 Å². The van der Waals surface area contributed by atoms with Gasteiger partial charge in [0.05, 0.1) is 6.54 Å². The Hall–Kier alpha value is -2.43. The SMILES string of the molecule is CC(C)(C)OC(=O)N1CC[C@@H](OC2=CCN(Cc3ccccc3)C=C2)C1. The van der Waals surface area contributed by atoms with E-state index in [1.54, 1.807) is 4.90 Å². The Morgan fingerprint density at radius 2 is 2.00 bits per heavy atom. The molecule has 2 heterocycles. The van der Waals surface area contributed by atoms with E-state index in [0.717, 1.165) is 25.3 Å². The molecule has 0 unspecified atom stereocenters. The minimum absolute atomic E-state index is 0.0269. The monoisotopic (exact) mass is 356 g/mol. The third-order valence-electron chi connectivity index (χ3n) is 4.30. The van der Waals surface area contributed by atoms with Crippen molar-refractivity contribution in [1.29, 1.82) is 0 Å². The zero-order valence-corrected chi connectivity index (χ0v) is 15.9. The minimum atomic E-state index is -0.465. The normalized spacial score (nSPS) is 20.1. The first-order chi connectivity index (χ1) is 12.4. The van der Waals surface area contributed by atoms with Gasteiger partial charge in [0.25, 0.3) is 0 Å². The van der Waals surface area contributed by atoms with Crippen LogP contribution in [-0.2, 0) is 16.0 Å². The van der Waals surface area contributed by atoms with E-state index < -0.39 is 5.60 Å². The summed E-state index contributed by atoms with van der Waals surface area (Å²) in [6.45, 7) is 8.61. The Morgan fingerprint density at radius 3 is 2.65 bits per heavy atom. The molecule has 0 saturated carbocycles. The molecular formula is C21H28N2O3. The first-order valence-electron chi connectivity index (χ1n) is 9.20. The quantitative estimate of drug-likeness (QED) is 0.820. The van der Waals surface area contributed by atoms with Gasteiger partial charge in [-0.2, -0.15) is 0 Å². The number of ether oxygens (including phenoxy) is 2. The molecule has 1 amide bonds. The van der Waals surface area contributed by atoms with Gasteiger partial charge < -0.3 is 19.3 Å². The third kappa shape index (κ3) is 5.28. The van der Waals surface area contributed by atoms with Gasteiger partial charge in [0, 0.05) is 32.3 Å². The molecule has 0 radical (unpaired) electrons. The molecule has 0 N–H and O–H groups in total. The van der Waals surface area contributed by atoms with Crippen LogP contribution in [0.2, 0.25) is 0 Å². The maximum Gasteiger partial charge on any atom is 0.410 e. The Kier molecular flexibility index (Phi) is 5.55. The minimum Gasteiger partial charge on any atom is -0.489 e. The van der Waals surface area contributed by atoms with Gasteiger partial charge >= 0.3 is 6.09 Å². The predicted octanol–water partition coefficient (Wildman–Crippen LogP) is 3.93. The molecule has 0 aliphatic carbocycles. The average molecular weight is 356 g/mol. The van der Waals surface area contributed by atoms with Gasteiger partial charge in [0.2, 0.25) is 0 Å². The summed E-state index contributed by atoms with van der Waals surface area (Å²) in [5, 5.41) is 0. The van der Waals surface area contributed by atoms with Gasteiger partial charge in [-0.25, -0.2) is 4.79 Å². The topological polar surface area (TPSA) is 42.0 Å². The van der Waals surface area contributed by atoms with Crippen molar-refractivity contribution in [2.45, 2.75) is 45.4 Å². The highest BCUT2D eigenvalue weighted by molar-refractivity contribution is 5.68. The summed E-state index contributed by atoms with van der Waals surface area (Å²) >= 11 is 0. The molecule has 5 heteroatoms. The van der Waals surface area contributed by atoms with E-state index in [0.29, 0.717) is 13.1 Å². The number of allylic oxidation sites excluding steroid dienone is 1. The Balaban J connectivity index is 1.45. The van der Waals surface area contributed by atoms with Crippen molar-refractivity contribution in [3.8, 4) is 0 Å². The van der Waals surface area contributed by atoms with Crippen molar-refractivity contribution in [2.75, 3.05) is 19.6 Å². The van der Waals surface area contributed by atoms with Crippen LogP contribution < -0.4 is 0 Å². The number of rotatable bonds is 4. The number of likely N-dealkylation sites (tertiary alicyclic amines) is 1. The summed E-state index contributed by atoms with van der Waals surface area (Å²) < 4.78 is 11.5. The molecule has 140 valence electrons. The first-order valence-corrected chi connectivity index (χ1v) is 9.20. The van der Waals surface area contributed by atoms with Gasteiger partial charge in [-0.05, 0) is 38.5 Å². The van der Waals surface area contributed by atoms with Crippen molar-refractivity contribution in [2.24, 2.45) is 0 Å². The van der Waals surface area contributed by atoms with Crippen molar-refractivity contribution in [3.05, 3.63) is 60.0 Å². The van der Waals surface area contributed by atoms with Crippen LogP contribution >= 0.6 is 0 Å². The fraction of sp³-hybridized carbons (Fsp3) is 0.476. The molecular weight excluding hydrogens is 328 g/mol. The fourth-order valence-electron chi connectivity index (χ4n) is 3.05. The second-order valence-electron chi connectivity index (χ2n) is 7.79. The van der Waals surface area contributed by atoms with Crippen molar-refractivity contribution < 1.29 is 14.3 Å². The van der Waals surface area contributed by atoms with Gasteiger partial charge in [-0.15, -0.1) is 0 Å². The number of benzene rings is 1. The average Bonchev–Trinajstić information content (AvgIpc) is 3.05. The van der Waals surface area contributed by atoms with Crippen LogP contribution in [0.3, 0.4) is 0 Å². The molecule has 0 spiro atoms. The standard InChI is InChI=1S/C21H28N2O3/c1-21(2,3)26-20(24)23-14-11-19(16-23)25-18-9-12-22(13-10-18)15-17-7-5-4-6-8-17/h4-10,12,19H,11,13-16H2,1-3H3/t19-/m1/s1. The maximum absolute atomic E-state index is 12.1. The van der Waals surface area contributed by atoms with E-state index in [1.807, 2.05) is 32.9 Å². The maximum atomic E-state index is 12.1. The first kappa shape index (κ1) is 18.4. The van der Waals surface area contributed by atoms with Crippen LogP contribution in [0.4, 0.5) is 4.79 Å². The number of carbonyl (C=O) groups is 1. The number of nitrogens with zero attached hydrogens (tertiary/aromatic N) is 2. The molecule has 1 saturated heterocycles. The second-order valence-corrected chi connectivity index (χ2v) is 7.79. The highest BCUT2D eigenvalue weighted by Gasteiger charge is 2.31. The fourth-order valence-corrected chi connectivity index (χ4v) is 3.05. The van der Waals surface area contributed by atoms with Crippen molar-refractivity contribution in [3.63, 3.8) is 0 Å². The van der Waals surface area contributed by atoms with Gasteiger partial charge in [-0.1, -0.05) is 30.3 Å². The molecule has 3 rings (SSSR count). The molecule has 5 nitrogen and oxygen atoms in total. The molecule has 1 aromatic rings. The lowest BCUT2D eigenvalue weighted by molar-refractivity contribution is 0.0260. The van der Waals surface area contributed by atoms with Gasteiger partial charge in [0.1, 0.15) is 17.5 Å². The lowest BCUT2D eigenvalue weighted by Gasteiger charge is -2.25. The Labute approximate surface area is 155 Å². The zero-order chi connectivity index (χ0) is 18.6. The number of hydrogen-bond acceptors (Lipinski definition) is 4. The number of amides is 1.